The molecule has 0 aromatic heterocycles. The molecule has 1 fully saturated rings. The second kappa shape index (κ2) is 10.4. The van der Waals surface area contributed by atoms with Crippen LogP contribution in [0.5, 0.6) is 0 Å². The summed E-state index contributed by atoms with van der Waals surface area (Å²) in [4.78, 5) is 38.9. The molecule has 7 nitrogen and oxygen atoms in total. The molecular weight excluding hydrogens is 380 g/mol. The lowest BCUT2D eigenvalue weighted by molar-refractivity contribution is -0.128. The van der Waals surface area contributed by atoms with E-state index in [2.05, 4.69) is 16.0 Å². The standard InChI is InChI=1S/C23H28N4O3/c1-2-17-9-6-7-13-20(17)26-21(28)15-24-22(29)18-10-8-14-27(16-18)23(30)25-19-11-4-3-5-12-19/h3-7,9,11-13,18H,2,8,10,14-16H2,1H3,(H,24,29)(H,25,30)(H,26,28)/t18-/m1/s1. The van der Waals surface area contributed by atoms with Crippen LogP contribution in [0.25, 0.3) is 0 Å². The van der Waals surface area contributed by atoms with Crippen LogP contribution in [0.3, 0.4) is 0 Å². The number of nitrogens with zero attached hydrogens (tertiary/aromatic N) is 1. The summed E-state index contributed by atoms with van der Waals surface area (Å²) < 4.78 is 0. The number of rotatable bonds is 6. The topological polar surface area (TPSA) is 90.5 Å². The van der Waals surface area contributed by atoms with Gasteiger partial charge in [-0.15, -0.1) is 0 Å². The van der Waals surface area contributed by atoms with E-state index >= 15 is 0 Å². The Kier molecular flexibility index (Phi) is 7.43. The average Bonchev–Trinajstić information content (AvgIpc) is 2.78. The molecule has 1 saturated heterocycles. The molecule has 1 aliphatic heterocycles. The van der Waals surface area contributed by atoms with Gasteiger partial charge in [0.15, 0.2) is 0 Å². The van der Waals surface area contributed by atoms with Gasteiger partial charge in [0.2, 0.25) is 11.8 Å². The number of aryl methyl sites for hydroxylation is 1. The van der Waals surface area contributed by atoms with Crippen molar-refractivity contribution < 1.29 is 14.4 Å². The fourth-order valence-electron chi connectivity index (χ4n) is 3.56. The molecule has 0 saturated carbocycles. The third-order valence-electron chi connectivity index (χ3n) is 5.20. The summed E-state index contributed by atoms with van der Waals surface area (Å²) in [5.74, 6) is -0.791. The van der Waals surface area contributed by atoms with E-state index in [0.29, 0.717) is 19.5 Å². The maximum atomic E-state index is 12.6. The summed E-state index contributed by atoms with van der Waals surface area (Å²) in [5.41, 5.74) is 2.53. The summed E-state index contributed by atoms with van der Waals surface area (Å²) in [6.07, 6.45) is 2.25. The molecule has 0 spiro atoms. The molecule has 2 aromatic carbocycles. The highest BCUT2D eigenvalue weighted by Crippen LogP contribution is 2.18. The number of carbonyl (C=O) groups is 3. The van der Waals surface area contributed by atoms with E-state index in [0.717, 1.165) is 29.8 Å². The molecule has 158 valence electrons. The molecule has 1 atom stereocenters. The highest BCUT2D eigenvalue weighted by Gasteiger charge is 2.28. The number of benzene rings is 2. The predicted molar refractivity (Wildman–Crippen MR) is 117 cm³/mol. The molecule has 2 aromatic rings. The molecule has 0 bridgehead atoms. The number of urea groups is 1. The predicted octanol–water partition coefficient (Wildman–Crippen LogP) is 3.25. The van der Waals surface area contributed by atoms with E-state index < -0.39 is 0 Å². The van der Waals surface area contributed by atoms with Crippen molar-refractivity contribution in [2.45, 2.75) is 26.2 Å². The number of para-hydroxylation sites is 2. The fraction of sp³-hybridized carbons (Fsp3) is 0.348. The lowest BCUT2D eigenvalue weighted by Crippen LogP contribution is -2.47. The Balaban J connectivity index is 1.48. The minimum absolute atomic E-state index is 0.0937. The van der Waals surface area contributed by atoms with E-state index in [9.17, 15) is 14.4 Å². The van der Waals surface area contributed by atoms with Crippen LogP contribution < -0.4 is 16.0 Å². The number of carbonyl (C=O) groups excluding carboxylic acids is 3. The Bertz CT molecular complexity index is 885. The summed E-state index contributed by atoms with van der Waals surface area (Å²) in [6, 6.07) is 16.6. The summed E-state index contributed by atoms with van der Waals surface area (Å²) in [6.45, 7) is 2.88. The Morgan fingerprint density at radius 3 is 2.50 bits per heavy atom. The first-order chi connectivity index (χ1) is 14.6. The van der Waals surface area contributed by atoms with Crippen LogP contribution in [0.2, 0.25) is 0 Å². The molecule has 0 aliphatic carbocycles. The normalized spacial score (nSPS) is 15.9. The average molecular weight is 409 g/mol. The highest BCUT2D eigenvalue weighted by atomic mass is 16.2. The van der Waals surface area contributed by atoms with Gasteiger partial charge in [-0.2, -0.15) is 0 Å². The monoisotopic (exact) mass is 408 g/mol. The lowest BCUT2D eigenvalue weighted by atomic mass is 9.97. The molecule has 1 heterocycles. The molecule has 3 N–H and O–H groups in total. The van der Waals surface area contributed by atoms with E-state index in [-0.39, 0.29) is 30.3 Å². The Morgan fingerprint density at radius 2 is 1.73 bits per heavy atom. The maximum absolute atomic E-state index is 12.6. The first kappa shape index (κ1) is 21.4. The van der Waals surface area contributed by atoms with Gasteiger partial charge in [0.25, 0.3) is 0 Å². The number of likely N-dealkylation sites (tertiary alicyclic amines) is 1. The minimum Gasteiger partial charge on any atom is -0.347 e. The zero-order valence-corrected chi connectivity index (χ0v) is 17.2. The maximum Gasteiger partial charge on any atom is 0.321 e. The third-order valence-corrected chi connectivity index (χ3v) is 5.20. The Morgan fingerprint density at radius 1 is 1.00 bits per heavy atom. The number of hydrogen-bond donors (Lipinski definition) is 3. The Hall–Kier alpha value is -3.35. The minimum atomic E-state index is -0.323. The van der Waals surface area contributed by atoms with Gasteiger partial charge in [-0.1, -0.05) is 43.3 Å². The third kappa shape index (κ3) is 5.83. The van der Waals surface area contributed by atoms with E-state index in [1.807, 2.05) is 61.5 Å². The summed E-state index contributed by atoms with van der Waals surface area (Å²) >= 11 is 0. The van der Waals surface area contributed by atoms with Crippen molar-refractivity contribution >= 4 is 29.2 Å². The first-order valence-corrected chi connectivity index (χ1v) is 10.3. The van der Waals surface area contributed by atoms with Crippen LogP contribution in [-0.4, -0.2) is 42.4 Å². The van der Waals surface area contributed by atoms with Gasteiger partial charge in [-0.05, 0) is 43.0 Å². The van der Waals surface area contributed by atoms with Gasteiger partial charge < -0.3 is 20.9 Å². The molecule has 1 aliphatic rings. The smallest absolute Gasteiger partial charge is 0.321 e. The molecule has 30 heavy (non-hydrogen) atoms. The second-order valence-electron chi connectivity index (χ2n) is 7.36. The number of amides is 4. The van der Waals surface area contributed by atoms with Crippen molar-refractivity contribution in [1.82, 2.24) is 10.2 Å². The van der Waals surface area contributed by atoms with Crippen molar-refractivity contribution in [3.63, 3.8) is 0 Å². The Labute approximate surface area is 176 Å². The summed E-state index contributed by atoms with van der Waals surface area (Å²) in [7, 11) is 0. The van der Waals surface area contributed by atoms with Gasteiger partial charge in [0.1, 0.15) is 0 Å². The molecule has 0 unspecified atom stereocenters. The van der Waals surface area contributed by atoms with Crippen LogP contribution in [0.15, 0.2) is 54.6 Å². The van der Waals surface area contributed by atoms with Gasteiger partial charge in [0, 0.05) is 24.5 Å². The van der Waals surface area contributed by atoms with Gasteiger partial charge in [-0.25, -0.2) is 4.79 Å². The zero-order chi connectivity index (χ0) is 21.3. The second-order valence-corrected chi connectivity index (χ2v) is 7.36. The summed E-state index contributed by atoms with van der Waals surface area (Å²) in [5, 5.41) is 8.41. The number of nitrogens with one attached hydrogen (secondary N) is 3. The van der Waals surface area contributed by atoms with Crippen molar-refractivity contribution in [2.75, 3.05) is 30.3 Å². The first-order valence-electron chi connectivity index (χ1n) is 10.3. The van der Waals surface area contributed by atoms with Crippen molar-refractivity contribution in [3.05, 3.63) is 60.2 Å². The van der Waals surface area contributed by atoms with Crippen LogP contribution >= 0.6 is 0 Å². The SMILES string of the molecule is CCc1ccccc1NC(=O)CNC(=O)[C@@H]1CCCN(C(=O)Nc2ccccc2)C1. The molecular formula is C23H28N4O3. The van der Waals surface area contributed by atoms with Gasteiger partial charge in [0.05, 0.1) is 12.5 Å². The largest absolute Gasteiger partial charge is 0.347 e. The van der Waals surface area contributed by atoms with Crippen LogP contribution in [-0.2, 0) is 16.0 Å². The van der Waals surface area contributed by atoms with Gasteiger partial charge in [-0.3, -0.25) is 9.59 Å². The molecule has 4 amide bonds. The molecule has 3 rings (SSSR count). The van der Waals surface area contributed by atoms with Crippen molar-refractivity contribution in [1.29, 1.82) is 0 Å². The molecule has 7 heteroatoms. The van der Waals surface area contributed by atoms with E-state index in [4.69, 9.17) is 0 Å². The highest BCUT2D eigenvalue weighted by molar-refractivity contribution is 5.95. The van der Waals surface area contributed by atoms with Gasteiger partial charge >= 0.3 is 6.03 Å². The van der Waals surface area contributed by atoms with E-state index in [1.54, 1.807) is 4.90 Å². The number of anilines is 2. The van der Waals surface area contributed by atoms with Crippen LogP contribution in [0.4, 0.5) is 16.2 Å². The van der Waals surface area contributed by atoms with E-state index in [1.165, 1.54) is 0 Å². The van der Waals surface area contributed by atoms with Crippen LogP contribution in [0, 0.1) is 5.92 Å². The van der Waals surface area contributed by atoms with Crippen molar-refractivity contribution in [3.8, 4) is 0 Å². The number of hydrogen-bond acceptors (Lipinski definition) is 3. The quantitative estimate of drug-likeness (QED) is 0.685. The lowest BCUT2D eigenvalue weighted by Gasteiger charge is -2.32. The van der Waals surface area contributed by atoms with Crippen molar-refractivity contribution in [2.24, 2.45) is 5.92 Å². The molecule has 0 radical (unpaired) electrons. The van der Waals surface area contributed by atoms with Crippen LogP contribution in [0.1, 0.15) is 25.3 Å². The number of piperidine rings is 1. The fourth-order valence-corrected chi connectivity index (χ4v) is 3.56. The zero-order valence-electron chi connectivity index (χ0n) is 17.2.